The van der Waals surface area contributed by atoms with Gasteiger partial charge < -0.3 is 10.5 Å². The molecule has 0 aromatic heterocycles. The van der Waals surface area contributed by atoms with E-state index in [4.69, 9.17) is 22.1 Å². The Bertz CT molecular complexity index is 381. The van der Waals surface area contributed by atoms with Crippen LogP contribution in [-0.4, -0.2) is 12.6 Å². The first kappa shape index (κ1) is 10.7. The summed E-state index contributed by atoms with van der Waals surface area (Å²) in [5, 5.41) is 0.141. The van der Waals surface area contributed by atoms with Gasteiger partial charge in [0.15, 0.2) is 0 Å². The molecule has 0 saturated carbocycles. The summed E-state index contributed by atoms with van der Waals surface area (Å²) in [6.45, 7) is 2.50. The largest absolute Gasteiger partial charge is 0.493 e. The maximum atomic E-state index is 13.1. The van der Waals surface area contributed by atoms with Crippen LogP contribution in [0.4, 0.5) is 4.39 Å². The summed E-state index contributed by atoms with van der Waals surface area (Å²) < 4.78 is 18.6. The minimum absolute atomic E-state index is 0.0713. The number of nitrogens with two attached hydrogens (primary N) is 1. The Morgan fingerprint density at radius 1 is 1.60 bits per heavy atom. The van der Waals surface area contributed by atoms with Gasteiger partial charge >= 0.3 is 0 Å². The van der Waals surface area contributed by atoms with Crippen LogP contribution in [0.25, 0.3) is 0 Å². The van der Waals surface area contributed by atoms with Crippen molar-refractivity contribution in [3.63, 3.8) is 0 Å². The predicted molar refractivity (Wildman–Crippen MR) is 57.7 cm³/mol. The molecule has 1 aromatic rings. The average Bonchev–Trinajstić information content (AvgIpc) is 2.19. The van der Waals surface area contributed by atoms with Crippen molar-refractivity contribution in [2.24, 2.45) is 11.7 Å². The second-order valence-electron chi connectivity index (χ2n) is 4.01. The van der Waals surface area contributed by atoms with E-state index in [1.807, 2.05) is 6.92 Å². The number of hydrogen-bond donors (Lipinski definition) is 1. The Hall–Kier alpha value is -0.800. The number of hydrogen-bond acceptors (Lipinski definition) is 2. The van der Waals surface area contributed by atoms with Crippen molar-refractivity contribution in [3.8, 4) is 5.75 Å². The maximum absolute atomic E-state index is 13.1. The number of ether oxygens (including phenoxy) is 1. The van der Waals surface area contributed by atoms with Gasteiger partial charge in [-0.15, -0.1) is 0 Å². The first-order valence-corrected chi connectivity index (χ1v) is 5.32. The van der Waals surface area contributed by atoms with E-state index in [1.54, 1.807) is 6.07 Å². The fraction of sp³-hybridized carbons (Fsp3) is 0.455. The molecule has 1 aliphatic heterocycles. The molecule has 1 aliphatic rings. The Morgan fingerprint density at radius 3 is 3.00 bits per heavy atom. The fourth-order valence-electron chi connectivity index (χ4n) is 1.74. The maximum Gasteiger partial charge on any atom is 0.145 e. The summed E-state index contributed by atoms with van der Waals surface area (Å²) in [7, 11) is 0. The smallest absolute Gasteiger partial charge is 0.145 e. The van der Waals surface area contributed by atoms with Crippen molar-refractivity contribution in [2.75, 3.05) is 6.61 Å². The first-order valence-electron chi connectivity index (χ1n) is 4.94. The third-order valence-corrected chi connectivity index (χ3v) is 3.07. The third kappa shape index (κ3) is 2.08. The molecular formula is C11H13ClFNO. The molecule has 0 fully saturated rings. The molecule has 0 bridgehead atoms. The van der Waals surface area contributed by atoms with E-state index >= 15 is 0 Å². The van der Waals surface area contributed by atoms with Gasteiger partial charge in [-0.3, -0.25) is 0 Å². The number of benzene rings is 1. The van der Waals surface area contributed by atoms with Crippen LogP contribution in [0.1, 0.15) is 12.5 Å². The summed E-state index contributed by atoms with van der Waals surface area (Å²) in [5.41, 5.74) is 6.74. The van der Waals surface area contributed by atoms with E-state index in [9.17, 15) is 4.39 Å². The van der Waals surface area contributed by atoms with Crippen LogP contribution in [-0.2, 0) is 6.42 Å². The van der Waals surface area contributed by atoms with Gasteiger partial charge in [0.25, 0.3) is 0 Å². The molecule has 4 heteroatoms. The highest BCUT2D eigenvalue weighted by atomic mass is 35.5. The molecule has 2 unspecified atom stereocenters. The van der Waals surface area contributed by atoms with Gasteiger partial charge in [-0.2, -0.15) is 0 Å². The lowest BCUT2D eigenvalue weighted by Crippen LogP contribution is -2.35. The second kappa shape index (κ2) is 3.99. The highest BCUT2D eigenvalue weighted by Gasteiger charge is 2.23. The van der Waals surface area contributed by atoms with E-state index in [0.717, 1.165) is 12.0 Å². The first-order chi connectivity index (χ1) is 7.08. The lowest BCUT2D eigenvalue weighted by Gasteiger charge is -2.27. The summed E-state index contributed by atoms with van der Waals surface area (Å²) in [4.78, 5) is 0. The van der Waals surface area contributed by atoms with Crippen molar-refractivity contribution in [2.45, 2.75) is 19.4 Å². The third-order valence-electron chi connectivity index (χ3n) is 2.78. The highest BCUT2D eigenvalue weighted by molar-refractivity contribution is 6.30. The van der Waals surface area contributed by atoms with Crippen LogP contribution in [0.15, 0.2) is 12.1 Å². The van der Waals surface area contributed by atoms with Crippen LogP contribution in [0, 0.1) is 11.7 Å². The van der Waals surface area contributed by atoms with Crippen LogP contribution in [0.3, 0.4) is 0 Å². The molecule has 0 amide bonds. The van der Waals surface area contributed by atoms with E-state index in [0.29, 0.717) is 12.4 Å². The van der Waals surface area contributed by atoms with Crippen molar-refractivity contribution in [1.82, 2.24) is 0 Å². The van der Waals surface area contributed by atoms with E-state index in [-0.39, 0.29) is 17.0 Å². The SMILES string of the molecule is CC(N)C1COc2cc(F)c(Cl)cc2C1. The van der Waals surface area contributed by atoms with Gasteiger partial charge in [0.05, 0.1) is 11.6 Å². The van der Waals surface area contributed by atoms with Crippen LogP contribution >= 0.6 is 11.6 Å². The number of fused-ring (bicyclic) bond motifs is 1. The molecule has 0 saturated heterocycles. The summed E-state index contributed by atoms with van der Waals surface area (Å²) in [6.07, 6.45) is 0.799. The van der Waals surface area contributed by atoms with Crippen LogP contribution < -0.4 is 10.5 Å². The predicted octanol–water partition coefficient (Wildman–Crippen LogP) is 2.38. The van der Waals surface area contributed by atoms with Crippen LogP contribution in [0.5, 0.6) is 5.75 Å². The van der Waals surface area contributed by atoms with Crippen molar-refractivity contribution >= 4 is 11.6 Å². The van der Waals surface area contributed by atoms with Gasteiger partial charge in [-0.1, -0.05) is 11.6 Å². The molecule has 0 spiro atoms. The van der Waals surface area contributed by atoms with E-state index < -0.39 is 5.82 Å². The molecule has 2 N–H and O–H groups in total. The topological polar surface area (TPSA) is 35.2 Å². The van der Waals surface area contributed by atoms with Gasteiger partial charge in [0.1, 0.15) is 11.6 Å². The van der Waals surface area contributed by atoms with Crippen molar-refractivity contribution in [1.29, 1.82) is 0 Å². The molecular weight excluding hydrogens is 217 g/mol. The molecule has 2 nitrogen and oxygen atoms in total. The minimum atomic E-state index is -0.435. The Balaban J connectivity index is 2.30. The molecule has 1 heterocycles. The molecule has 1 aromatic carbocycles. The average molecular weight is 230 g/mol. The number of halogens is 2. The number of rotatable bonds is 1. The minimum Gasteiger partial charge on any atom is -0.493 e. The normalized spacial score (nSPS) is 21.7. The van der Waals surface area contributed by atoms with Crippen LogP contribution in [0.2, 0.25) is 5.02 Å². The standard InChI is InChI=1S/C11H13ClFNO/c1-6(14)8-2-7-3-9(12)10(13)4-11(7)15-5-8/h3-4,6,8H,2,5,14H2,1H3. The Labute approximate surface area is 93.2 Å². The Kier molecular flexibility index (Phi) is 2.85. The fourth-order valence-corrected chi connectivity index (χ4v) is 1.93. The van der Waals surface area contributed by atoms with Crippen molar-refractivity contribution < 1.29 is 9.13 Å². The highest BCUT2D eigenvalue weighted by Crippen LogP contribution is 2.32. The van der Waals surface area contributed by atoms with Gasteiger partial charge in [0.2, 0.25) is 0 Å². The molecule has 0 radical (unpaired) electrons. The van der Waals surface area contributed by atoms with Gasteiger partial charge in [-0.05, 0) is 25.0 Å². The molecule has 82 valence electrons. The quantitative estimate of drug-likeness (QED) is 0.803. The van der Waals surface area contributed by atoms with Gasteiger partial charge in [0, 0.05) is 18.0 Å². The monoisotopic (exact) mass is 229 g/mol. The second-order valence-corrected chi connectivity index (χ2v) is 4.42. The molecule has 0 aliphatic carbocycles. The van der Waals surface area contributed by atoms with E-state index in [1.165, 1.54) is 6.07 Å². The summed E-state index contributed by atoms with van der Waals surface area (Å²) in [6, 6.07) is 3.04. The molecule has 2 atom stereocenters. The van der Waals surface area contributed by atoms with Gasteiger partial charge in [-0.25, -0.2) is 4.39 Å². The van der Waals surface area contributed by atoms with E-state index in [2.05, 4.69) is 0 Å². The molecule has 15 heavy (non-hydrogen) atoms. The molecule has 2 rings (SSSR count). The Morgan fingerprint density at radius 2 is 2.33 bits per heavy atom. The zero-order valence-electron chi connectivity index (χ0n) is 8.47. The van der Waals surface area contributed by atoms with Crippen molar-refractivity contribution in [3.05, 3.63) is 28.5 Å². The zero-order valence-corrected chi connectivity index (χ0v) is 9.22. The lowest BCUT2D eigenvalue weighted by molar-refractivity contribution is 0.203. The summed E-state index contributed by atoms with van der Waals surface area (Å²) in [5.74, 6) is 0.433. The summed E-state index contributed by atoms with van der Waals surface area (Å²) >= 11 is 5.71. The lowest BCUT2D eigenvalue weighted by atomic mass is 9.92. The zero-order chi connectivity index (χ0) is 11.0.